The molecule has 5 nitrogen and oxygen atoms in total. The maximum Gasteiger partial charge on any atom is 0.252 e. The van der Waals surface area contributed by atoms with E-state index in [9.17, 15) is 5.11 Å². The molecule has 15 heavy (non-hydrogen) atoms. The molecule has 1 aromatic heterocycles. The van der Waals surface area contributed by atoms with Crippen LogP contribution in [0.4, 0.5) is 0 Å². The van der Waals surface area contributed by atoms with E-state index in [0.29, 0.717) is 24.7 Å². The molecule has 86 valence electrons. The molecule has 0 radical (unpaired) electrons. The summed E-state index contributed by atoms with van der Waals surface area (Å²) in [6.07, 6.45) is 1.02. The fraction of sp³-hybridized carbons (Fsp3) is 0.800. The topological polar surface area (TPSA) is 68.4 Å². The number of nitrogens with zero attached hydrogens (tertiary/aromatic N) is 2. The van der Waals surface area contributed by atoms with Crippen LogP contribution >= 0.6 is 0 Å². The van der Waals surface area contributed by atoms with Crippen molar-refractivity contribution in [3.05, 3.63) is 11.7 Å². The van der Waals surface area contributed by atoms with Crippen molar-refractivity contribution in [1.82, 2.24) is 10.1 Å². The number of aliphatic hydroxyl groups is 1. The molecule has 1 N–H and O–H groups in total. The van der Waals surface area contributed by atoms with Gasteiger partial charge in [0.2, 0.25) is 0 Å². The van der Waals surface area contributed by atoms with E-state index in [1.54, 1.807) is 0 Å². The number of hydrogen-bond acceptors (Lipinski definition) is 5. The Morgan fingerprint density at radius 3 is 2.80 bits per heavy atom. The van der Waals surface area contributed by atoms with Gasteiger partial charge in [0.25, 0.3) is 5.89 Å². The number of aromatic nitrogens is 2. The lowest BCUT2D eigenvalue weighted by Gasteiger charge is -2.03. The van der Waals surface area contributed by atoms with E-state index in [1.807, 2.05) is 20.8 Å². The molecule has 0 aliphatic heterocycles. The molecule has 5 heteroatoms. The summed E-state index contributed by atoms with van der Waals surface area (Å²) in [7, 11) is 0. The Kier molecular flexibility index (Phi) is 4.71. The highest BCUT2D eigenvalue weighted by Gasteiger charge is 2.14. The van der Waals surface area contributed by atoms with Crippen molar-refractivity contribution >= 4 is 0 Å². The first-order chi connectivity index (χ1) is 7.13. The molecule has 0 aromatic carbocycles. The molecule has 1 atom stereocenters. The van der Waals surface area contributed by atoms with Crippen LogP contribution in [0.5, 0.6) is 0 Å². The maximum atomic E-state index is 9.59. The van der Waals surface area contributed by atoms with Gasteiger partial charge in [0.15, 0.2) is 5.82 Å². The molecule has 0 fully saturated rings. The summed E-state index contributed by atoms with van der Waals surface area (Å²) < 4.78 is 10.2. The second kappa shape index (κ2) is 5.82. The first-order valence-corrected chi connectivity index (χ1v) is 5.25. The van der Waals surface area contributed by atoms with Gasteiger partial charge >= 0.3 is 0 Å². The lowest BCUT2D eigenvalue weighted by molar-refractivity contribution is 0.0485. The van der Waals surface area contributed by atoms with Gasteiger partial charge in [-0.25, -0.2) is 0 Å². The largest absolute Gasteiger partial charge is 0.385 e. The molecular formula is C10H18N2O3. The minimum atomic E-state index is -0.633. The van der Waals surface area contributed by atoms with E-state index in [4.69, 9.17) is 9.26 Å². The molecule has 0 aliphatic rings. The highest BCUT2D eigenvalue weighted by atomic mass is 16.5. The minimum absolute atomic E-state index is 0.126. The van der Waals surface area contributed by atoms with Crippen LogP contribution in [0.1, 0.15) is 51.4 Å². The fourth-order valence-electron chi connectivity index (χ4n) is 1.10. The van der Waals surface area contributed by atoms with Gasteiger partial charge in [-0.3, -0.25) is 0 Å². The van der Waals surface area contributed by atoms with Crippen molar-refractivity contribution in [2.24, 2.45) is 0 Å². The Morgan fingerprint density at radius 1 is 1.47 bits per heavy atom. The highest BCUT2D eigenvalue weighted by Crippen LogP contribution is 2.14. The zero-order chi connectivity index (χ0) is 11.3. The smallest absolute Gasteiger partial charge is 0.252 e. The summed E-state index contributed by atoms with van der Waals surface area (Å²) in [6.45, 7) is 6.15. The van der Waals surface area contributed by atoms with Crippen LogP contribution in [0.3, 0.4) is 0 Å². The first kappa shape index (κ1) is 12.1. The number of ether oxygens (including phenoxy) is 1. The second-order valence-corrected chi connectivity index (χ2v) is 3.71. The third-order valence-electron chi connectivity index (χ3n) is 1.88. The fourth-order valence-corrected chi connectivity index (χ4v) is 1.10. The van der Waals surface area contributed by atoms with Gasteiger partial charge in [0, 0.05) is 0 Å². The third kappa shape index (κ3) is 3.97. The molecular weight excluding hydrogens is 196 g/mol. The van der Waals surface area contributed by atoms with Gasteiger partial charge < -0.3 is 14.4 Å². The zero-order valence-electron chi connectivity index (χ0n) is 9.43. The first-order valence-electron chi connectivity index (χ1n) is 5.25. The van der Waals surface area contributed by atoms with Crippen LogP contribution in [0, 0.1) is 0 Å². The van der Waals surface area contributed by atoms with Gasteiger partial charge in [0.1, 0.15) is 12.7 Å². The molecule has 0 bridgehead atoms. The molecule has 1 rings (SSSR count). The third-order valence-corrected chi connectivity index (χ3v) is 1.88. The minimum Gasteiger partial charge on any atom is -0.385 e. The molecule has 0 saturated heterocycles. The summed E-state index contributed by atoms with van der Waals surface area (Å²) in [4.78, 5) is 4.05. The number of aliphatic hydroxyl groups excluding tert-OH is 1. The van der Waals surface area contributed by atoms with Crippen molar-refractivity contribution in [3.63, 3.8) is 0 Å². The van der Waals surface area contributed by atoms with E-state index < -0.39 is 6.10 Å². The van der Waals surface area contributed by atoms with Crippen molar-refractivity contribution in [2.45, 2.75) is 52.4 Å². The Bertz CT molecular complexity index is 286. The monoisotopic (exact) mass is 214 g/mol. The molecule has 0 saturated carbocycles. The van der Waals surface area contributed by atoms with Crippen LogP contribution < -0.4 is 0 Å². The van der Waals surface area contributed by atoms with Crippen molar-refractivity contribution in [3.8, 4) is 0 Å². The number of hydrogen-bond donors (Lipinski definition) is 1. The van der Waals surface area contributed by atoms with Crippen molar-refractivity contribution in [1.29, 1.82) is 0 Å². The number of rotatable bonds is 6. The van der Waals surface area contributed by atoms with E-state index >= 15 is 0 Å². The maximum absolute atomic E-state index is 9.59. The van der Waals surface area contributed by atoms with Crippen LogP contribution in [-0.4, -0.2) is 21.4 Å². The lowest BCUT2D eigenvalue weighted by atomic mass is 10.2. The molecule has 1 heterocycles. The Hall–Kier alpha value is -0.940. The van der Waals surface area contributed by atoms with Gasteiger partial charge in [-0.05, 0) is 20.3 Å². The summed E-state index contributed by atoms with van der Waals surface area (Å²) in [5.74, 6) is 0.757. The second-order valence-electron chi connectivity index (χ2n) is 3.71. The Morgan fingerprint density at radius 2 is 2.20 bits per heavy atom. The molecule has 1 unspecified atom stereocenters. The van der Waals surface area contributed by atoms with E-state index in [0.717, 1.165) is 6.42 Å². The molecule has 1 aromatic rings. The summed E-state index contributed by atoms with van der Waals surface area (Å²) >= 11 is 0. The Labute approximate surface area is 89.4 Å². The van der Waals surface area contributed by atoms with Crippen molar-refractivity contribution in [2.75, 3.05) is 0 Å². The normalized spacial score (nSPS) is 13.4. The zero-order valence-corrected chi connectivity index (χ0v) is 9.43. The summed E-state index contributed by atoms with van der Waals surface area (Å²) in [5, 5.41) is 13.3. The summed E-state index contributed by atoms with van der Waals surface area (Å²) in [5.41, 5.74) is 0. The molecule has 0 spiro atoms. The van der Waals surface area contributed by atoms with Gasteiger partial charge in [0.05, 0.1) is 6.10 Å². The van der Waals surface area contributed by atoms with Gasteiger partial charge in [-0.1, -0.05) is 18.5 Å². The van der Waals surface area contributed by atoms with Crippen LogP contribution in [0.2, 0.25) is 0 Å². The Balaban J connectivity index is 2.48. The SMILES string of the molecule is CCCC(O)c1noc(COC(C)C)n1. The average molecular weight is 214 g/mol. The highest BCUT2D eigenvalue weighted by molar-refractivity contribution is 4.89. The average Bonchev–Trinajstić information content (AvgIpc) is 2.63. The predicted octanol–water partition coefficient (Wildman–Crippen LogP) is 1.83. The standard InChI is InChI=1S/C10H18N2O3/c1-4-5-8(13)10-11-9(15-12-10)6-14-7(2)3/h7-8,13H,4-6H2,1-3H3. The van der Waals surface area contributed by atoms with Gasteiger partial charge in [-0.15, -0.1) is 0 Å². The quantitative estimate of drug-likeness (QED) is 0.782. The lowest BCUT2D eigenvalue weighted by Crippen LogP contribution is -2.03. The van der Waals surface area contributed by atoms with Crippen LogP contribution in [0.15, 0.2) is 4.52 Å². The predicted molar refractivity (Wildman–Crippen MR) is 54.1 cm³/mol. The molecule has 0 amide bonds. The summed E-state index contributed by atoms with van der Waals surface area (Å²) in [6, 6.07) is 0. The van der Waals surface area contributed by atoms with E-state index in [-0.39, 0.29) is 6.10 Å². The van der Waals surface area contributed by atoms with Crippen LogP contribution in [0.25, 0.3) is 0 Å². The van der Waals surface area contributed by atoms with E-state index in [1.165, 1.54) is 0 Å². The van der Waals surface area contributed by atoms with E-state index in [2.05, 4.69) is 10.1 Å². The molecule has 0 aliphatic carbocycles. The van der Waals surface area contributed by atoms with Gasteiger partial charge in [-0.2, -0.15) is 4.98 Å². The van der Waals surface area contributed by atoms with Crippen molar-refractivity contribution < 1.29 is 14.4 Å². The van der Waals surface area contributed by atoms with Crippen LogP contribution in [-0.2, 0) is 11.3 Å².